The minimum Gasteiger partial charge on any atom is -0.494 e. The second-order valence-electron chi connectivity index (χ2n) is 10.8. The van der Waals surface area contributed by atoms with Crippen LogP contribution in [0.4, 0.5) is 33.4 Å². The van der Waals surface area contributed by atoms with E-state index in [4.69, 9.17) is 22.1 Å². The first kappa shape index (κ1) is 33.7. The van der Waals surface area contributed by atoms with Gasteiger partial charge in [0.1, 0.15) is 23.1 Å². The van der Waals surface area contributed by atoms with Crippen LogP contribution in [0.1, 0.15) is 48.6 Å². The fraction of sp³-hybridized carbons (Fsp3) is 0.273. The third-order valence-electron chi connectivity index (χ3n) is 7.11. The number of rotatable bonds is 12. The molecule has 0 aliphatic carbocycles. The summed E-state index contributed by atoms with van der Waals surface area (Å²) in [5.74, 6) is -3.94. The van der Waals surface area contributed by atoms with E-state index in [1.165, 1.54) is 45.4 Å². The van der Waals surface area contributed by atoms with Crippen molar-refractivity contribution >= 4 is 29.2 Å². The van der Waals surface area contributed by atoms with E-state index in [2.05, 4.69) is 9.98 Å². The van der Waals surface area contributed by atoms with E-state index in [-0.39, 0.29) is 47.9 Å². The van der Waals surface area contributed by atoms with E-state index < -0.39 is 51.9 Å². The van der Waals surface area contributed by atoms with Gasteiger partial charge in [0, 0.05) is 47.5 Å². The van der Waals surface area contributed by atoms with E-state index in [0.717, 1.165) is 6.07 Å². The Balaban J connectivity index is 1.87. The molecule has 0 spiro atoms. The molecule has 4 rings (SSSR count). The van der Waals surface area contributed by atoms with Crippen molar-refractivity contribution in [2.75, 3.05) is 37.7 Å². The average molecular weight is 647 g/mol. The number of anilines is 2. The highest BCUT2D eigenvalue weighted by Gasteiger charge is 2.30. The molecule has 0 saturated carbocycles. The fourth-order valence-electron chi connectivity index (χ4n) is 4.74. The van der Waals surface area contributed by atoms with Gasteiger partial charge in [0.2, 0.25) is 0 Å². The van der Waals surface area contributed by atoms with Crippen LogP contribution in [0.15, 0.2) is 65.7 Å². The molecule has 0 radical (unpaired) electrons. The molecule has 6 nitrogen and oxygen atoms in total. The Hall–Kier alpha value is -4.22. The van der Waals surface area contributed by atoms with Crippen LogP contribution in [0.3, 0.4) is 0 Å². The number of aliphatic hydroxyl groups is 1. The maximum Gasteiger partial charge on any atom is 0.155 e. The van der Waals surface area contributed by atoms with E-state index in [1.54, 1.807) is 30.3 Å². The Morgan fingerprint density at radius 1 is 1.09 bits per heavy atom. The number of pyridine rings is 1. The highest BCUT2D eigenvalue weighted by atomic mass is 35.5. The van der Waals surface area contributed by atoms with Gasteiger partial charge in [-0.1, -0.05) is 46.4 Å². The predicted octanol–water partition coefficient (Wildman–Crippen LogP) is 7.94. The molecule has 0 fully saturated rings. The van der Waals surface area contributed by atoms with Gasteiger partial charge in [-0.2, -0.15) is 0 Å². The van der Waals surface area contributed by atoms with Crippen LogP contribution in [0.25, 0.3) is 11.3 Å². The average Bonchev–Trinajstić information content (AvgIpc) is 3.00. The van der Waals surface area contributed by atoms with E-state index in [9.17, 15) is 18.3 Å². The maximum absolute atomic E-state index is 16.2. The zero-order valence-corrected chi connectivity index (χ0v) is 25.6. The van der Waals surface area contributed by atoms with Gasteiger partial charge >= 0.3 is 0 Å². The normalized spacial score (nSPS) is 12.5. The van der Waals surface area contributed by atoms with E-state index in [1.807, 2.05) is 0 Å². The highest BCUT2D eigenvalue weighted by Crippen LogP contribution is 2.38. The van der Waals surface area contributed by atoms with Crippen molar-refractivity contribution in [2.45, 2.75) is 31.8 Å². The number of benzene rings is 3. The van der Waals surface area contributed by atoms with Gasteiger partial charge in [-0.3, -0.25) is 9.38 Å². The summed E-state index contributed by atoms with van der Waals surface area (Å²) in [6.07, 6.45) is 1.62. The molecule has 1 unspecified atom stereocenters. The number of nitrogen functional groups attached to an aromatic ring is 1. The SMILES string of the molecule is COc1cc(N(F)CC(c2ccccc2)c2cc(C(C)(C)O)c(F)c(-c3cc(Cl)c(F)cc3F)n2)cc(C=NCCCF)c1N. The summed E-state index contributed by atoms with van der Waals surface area (Å²) >= 11 is 5.91. The number of alkyl halides is 1. The molecular formula is C33H32ClF5N4O2. The van der Waals surface area contributed by atoms with Crippen molar-refractivity contribution in [3.8, 4) is 17.0 Å². The molecule has 1 heterocycles. The lowest BCUT2D eigenvalue weighted by Gasteiger charge is -2.26. The van der Waals surface area contributed by atoms with Crippen molar-refractivity contribution in [3.63, 3.8) is 0 Å². The fourth-order valence-corrected chi connectivity index (χ4v) is 4.90. The summed E-state index contributed by atoms with van der Waals surface area (Å²) in [6, 6.07) is 14.2. The number of ether oxygens (including phenoxy) is 1. The largest absolute Gasteiger partial charge is 0.494 e. The summed E-state index contributed by atoms with van der Waals surface area (Å²) in [4.78, 5) is 8.55. The Bertz CT molecular complexity index is 1680. The van der Waals surface area contributed by atoms with Gasteiger partial charge in [0.25, 0.3) is 0 Å². The summed E-state index contributed by atoms with van der Waals surface area (Å²) < 4.78 is 78.9. The molecule has 3 aromatic carbocycles. The molecule has 45 heavy (non-hydrogen) atoms. The molecular weight excluding hydrogens is 615 g/mol. The second-order valence-corrected chi connectivity index (χ2v) is 11.2. The number of nitrogens with two attached hydrogens (primary N) is 1. The van der Waals surface area contributed by atoms with Crippen LogP contribution < -0.4 is 15.6 Å². The van der Waals surface area contributed by atoms with Gasteiger partial charge < -0.3 is 15.6 Å². The summed E-state index contributed by atoms with van der Waals surface area (Å²) in [7, 11) is 1.37. The first-order chi connectivity index (χ1) is 21.3. The number of aliphatic imine (C=N–C) groups is 1. The van der Waals surface area contributed by atoms with Crippen molar-refractivity contribution in [2.24, 2.45) is 4.99 Å². The molecule has 3 N–H and O–H groups in total. The zero-order valence-electron chi connectivity index (χ0n) is 24.8. The standard InChI is InChI=1S/C33H32ClF5N4O2/c1-33(2,44)24-15-28(42-32(30(24)38)22-14-25(34)27(37)16-26(22)36)23(19-8-5-4-6-9-19)18-43(39)21-12-20(17-41-11-7-10-35)31(40)29(13-21)45-3/h4-6,8-9,12-17,23,44H,7,10-11,18,40H2,1-3H3. The van der Waals surface area contributed by atoms with Gasteiger partial charge in [-0.05, 0) is 44.0 Å². The Morgan fingerprint density at radius 3 is 2.44 bits per heavy atom. The molecule has 12 heteroatoms. The quantitative estimate of drug-likeness (QED) is 0.0408. The molecule has 4 aromatic rings. The van der Waals surface area contributed by atoms with Crippen LogP contribution in [0, 0.1) is 17.5 Å². The Kier molecular flexibility index (Phi) is 10.7. The molecule has 1 atom stereocenters. The maximum atomic E-state index is 16.2. The minimum absolute atomic E-state index is 0.0373. The molecule has 0 bridgehead atoms. The molecule has 0 amide bonds. The van der Waals surface area contributed by atoms with E-state index >= 15 is 8.87 Å². The minimum atomic E-state index is -1.77. The van der Waals surface area contributed by atoms with Gasteiger partial charge in [0.15, 0.2) is 5.82 Å². The monoisotopic (exact) mass is 646 g/mol. The lowest BCUT2D eigenvalue weighted by molar-refractivity contribution is 0.0743. The van der Waals surface area contributed by atoms with Crippen LogP contribution in [-0.4, -0.2) is 43.2 Å². The number of aromatic nitrogens is 1. The topological polar surface area (TPSA) is 84.0 Å². The van der Waals surface area contributed by atoms with Gasteiger partial charge in [0.05, 0.1) is 48.0 Å². The first-order valence-corrected chi connectivity index (χ1v) is 14.3. The summed E-state index contributed by atoms with van der Waals surface area (Å²) in [5.41, 5.74) is 4.44. The highest BCUT2D eigenvalue weighted by molar-refractivity contribution is 6.31. The van der Waals surface area contributed by atoms with Gasteiger partial charge in [-0.25, -0.2) is 23.3 Å². The zero-order chi connectivity index (χ0) is 32.9. The van der Waals surface area contributed by atoms with Crippen LogP contribution >= 0.6 is 11.6 Å². The van der Waals surface area contributed by atoms with Crippen molar-refractivity contribution in [1.82, 2.24) is 4.98 Å². The Labute approximate surface area is 262 Å². The summed E-state index contributed by atoms with van der Waals surface area (Å²) in [6.45, 7) is 1.96. The van der Waals surface area contributed by atoms with E-state index in [0.29, 0.717) is 22.3 Å². The lowest BCUT2D eigenvalue weighted by atomic mass is 9.89. The smallest absolute Gasteiger partial charge is 0.155 e. The molecule has 0 saturated heterocycles. The Morgan fingerprint density at radius 2 is 1.80 bits per heavy atom. The number of halogens is 6. The van der Waals surface area contributed by atoms with Crippen molar-refractivity contribution in [3.05, 3.63) is 106 Å². The first-order valence-electron chi connectivity index (χ1n) is 14.0. The number of hydrogen-bond acceptors (Lipinski definition) is 6. The molecule has 238 valence electrons. The third-order valence-corrected chi connectivity index (χ3v) is 7.40. The van der Waals surface area contributed by atoms with Gasteiger partial charge in [-0.15, -0.1) is 0 Å². The number of hydrogen-bond donors (Lipinski definition) is 2. The number of methoxy groups -OCH3 is 1. The molecule has 0 aliphatic heterocycles. The third kappa shape index (κ3) is 7.72. The number of nitrogens with zero attached hydrogens (tertiary/aromatic N) is 3. The van der Waals surface area contributed by atoms with Crippen LogP contribution in [0.5, 0.6) is 5.75 Å². The lowest BCUT2D eigenvalue weighted by Crippen LogP contribution is -2.25. The summed E-state index contributed by atoms with van der Waals surface area (Å²) in [5, 5.41) is 10.8. The molecule has 1 aromatic heterocycles. The van der Waals surface area contributed by atoms with Crippen LogP contribution in [-0.2, 0) is 5.60 Å². The van der Waals surface area contributed by atoms with Crippen molar-refractivity contribution < 1.29 is 31.9 Å². The molecule has 0 aliphatic rings. The van der Waals surface area contributed by atoms with Crippen molar-refractivity contribution in [1.29, 1.82) is 0 Å². The second kappa shape index (κ2) is 14.3. The predicted molar refractivity (Wildman–Crippen MR) is 167 cm³/mol. The van der Waals surface area contributed by atoms with Crippen LogP contribution in [0.2, 0.25) is 5.02 Å².